The third-order valence-corrected chi connectivity index (χ3v) is 3.81. The van der Waals surface area contributed by atoms with Gasteiger partial charge in [0.25, 0.3) is 0 Å². The highest BCUT2D eigenvalue weighted by molar-refractivity contribution is 5.58. The number of β-amino-alcohol motifs (C(OH)–C–C–N with tert-alkyl or cyclic N) is 2. The number of rotatable bonds is 3. The number of aliphatic hydroxyl groups is 2. The first-order chi connectivity index (χ1) is 8.93. The van der Waals surface area contributed by atoms with Gasteiger partial charge in [0.15, 0.2) is 0 Å². The van der Waals surface area contributed by atoms with Gasteiger partial charge in [-0.1, -0.05) is 0 Å². The lowest BCUT2D eigenvalue weighted by Crippen LogP contribution is -2.25. The molecule has 1 fully saturated rings. The van der Waals surface area contributed by atoms with E-state index in [9.17, 15) is 14.6 Å². The van der Waals surface area contributed by atoms with Crippen LogP contribution in [0.25, 0.3) is 0 Å². The van der Waals surface area contributed by atoms with Crippen molar-refractivity contribution in [3.63, 3.8) is 0 Å². The summed E-state index contributed by atoms with van der Waals surface area (Å²) in [5.74, 6) is -0.235. The van der Waals surface area contributed by atoms with Gasteiger partial charge >= 0.3 is 0 Å². The number of benzene rings is 1. The van der Waals surface area contributed by atoms with Crippen molar-refractivity contribution in [1.29, 1.82) is 0 Å². The fourth-order valence-electron chi connectivity index (χ4n) is 2.42. The van der Waals surface area contributed by atoms with E-state index in [1.807, 2.05) is 18.9 Å². The average Bonchev–Trinajstić information content (AvgIpc) is 2.71. The Labute approximate surface area is 112 Å². The molecule has 3 unspecified atom stereocenters. The molecule has 106 valence electrons. The number of halogens is 1. The quantitative estimate of drug-likeness (QED) is 0.764. The molecule has 3 atom stereocenters. The summed E-state index contributed by atoms with van der Waals surface area (Å²) in [4.78, 5) is 1.91. The van der Waals surface area contributed by atoms with Gasteiger partial charge in [0.1, 0.15) is 5.82 Å². The first-order valence-electron chi connectivity index (χ1n) is 6.52. The maximum Gasteiger partial charge on any atom is 0.126 e. The van der Waals surface area contributed by atoms with Gasteiger partial charge in [-0.15, -0.1) is 0 Å². The molecule has 3 N–H and O–H groups in total. The molecule has 0 amide bonds. The Morgan fingerprint density at radius 2 is 1.89 bits per heavy atom. The van der Waals surface area contributed by atoms with E-state index in [-0.39, 0.29) is 11.9 Å². The van der Waals surface area contributed by atoms with Crippen molar-refractivity contribution >= 4 is 5.69 Å². The van der Waals surface area contributed by atoms with Crippen LogP contribution < -0.4 is 10.2 Å². The van der Waals surface area contributed by atoms with Crippen LogP contribution in [0.5, 0.6) is 0 Å². The Hall–Kier alpha value is -1.17. The summed E-state index contributed by atoms with van der Waals surface area (Å²) in [6, 6.07) is 3.31. The minimum Gasteiger partial charge on any atom is -0.389 e. The third kappa shape index (κ3) is 2.73. The fourth-order valence-corrected chi connectivity index (χ4v) is 2.42. The zero-order chi connectivity index (χ0) is 14.2. The monoisotopic (exact) mass is 268 g/mol. The number of aliphatic hydroxyl groups excluding tert-OH is 2. The zero-order valence-corrected chi connectivity index (χ0v) is 11.5. The van der Waals surface area contributed by atoms with Gasteiger partial charge in [-0.3, -0.25) is 0 Å². The first kappa shape index (κ1) is 14.2. The number of hydrogen-bond acceptors (Lipinski definition) is 4. The van der Waals surface area contributed by atoms with Crippen molar-refractivity contribution in [3.05, 3.63) is 29.1 Å². The highest BCUT2D eigenvalue weighted by atomic mass is 19.1. The third-order valence-electron chi connectivity index (χ3n) is 3.81. The minimum absolute atomic E-state index is 0.0000132. The number of nitrogens with zero attached hydrogens (tertiary/aromatic N) is 1. The van der Waals surface area contributed by atoms with Gasteiger partial charge in [0, 0.05) is 24.8 Å². The topological polar surface area (TPSA) is 55.7 Å². The summed E-state index contributed by atoms with van der Waals surface area (Å²) in [6.07, 6.45) is -1.49. The smallest absolute Gasteiger partial charge is 0.126 e. The van der Waals surface area contributed by atoms with Crippen LogP contribution >= 0.6 is 0 Å². The summed E-state index contributed by atoms with van der Waals surface area (Å²) >= 11 is 0. The van der Waals surface area contributed by atoms with Crippen molar-refractivity contribution in [2.24, 2.45) is 0 Å². The largest absolute Gasteiger partial charge is 0.389 e. The second-order valence-corrected chi connectivity index (χ2v) is 5.21. The molecule has 1 aliphatic heterocycles. The van der Waals surface area contributed by atoms with E-state index in [4.69, 9.17) is 0 Å². The van der Waals surface area contributed by atoms with Crippen LogP contribution in [0, 0.1) is 12.7 Å². The Kier molecular flexibility index (Phi) is 4.08. The normalized spacial score (nSPS) is 24.8. The molecule has 1 saturated heterocycles. The molecule has 5 heteroatoms. The zero-order valence-electron chi connectivity index (χ0n) is 11.5. The van der Waals surface area contributed by atoms with Crippen LogP contribution in [0.2, 0.25) is 0 Å². The van der Waals surface area contributed by atoms with Gasteiger partial charge in [-0.2, -0.15) is 0 Å². The van der Waals surface area contributed by atoms with E-state index in [1.165, 1.54) is 6.07 Å². The van der Waals surface area contributed by atoms with Crippen molar-refractivity contribution in [3.8, 4) is 0 Å². The Balaban J connectivity index is 2.41. The molecule has 1 heterocycles. The summed E-state index contributed by atoms with van der Waals surface area (Å²) < 4.78 is 13.8. The number of hydrogen-bond donors (Lipinski definition) is 3. The lowest BCUT2D eigenvalue weighted by atomic mass is 10.0. The molecular weight excluding hydrogens is 247 g/mol. The van der Waals surface area contributed by atoms with E-state index in [0.29, 0.717) is 18.7 Å². The first-order valence-corrected chi connectivity index (χ1v) is 6.52. The van der Waals surface area contributed by atoms with E-state index < -0.39 is 12.2 Å². The fraction of sp³-hybridized carbons (Fsp3) is 0.571. The van der Waals surface area contributed by atoms with Gasteiger partial charge in [0.05, 0.1) is 12.2 Å². The number of aryl methyl sites for hydroxylation is 1. The van der Waals surface area contributed by atoms with Crippen LogP contribution in [0.15, 0.2) is 12.1 Å². The number of anilines is 1. The molecule has 0 bridgehead atoms. The summed E-state index contributed by atoms with van der Waals surface area (Å²) in [7, 11) is 1.82. The summed E-state index contributed by atoms with van der Waals surface area (Å²) in [5, 5.41) is 22.4. The average molecular weight is 268 g/mol. The Morgan fingerprint density at radius 3 is 2.42 bits per heavy atom. The predicted molar refractivity (Wildman–Crippen MR) is 72.8 cm³/mol. The highest BCUT2D eigenvalue weighted by Gasteiger charge is 2.31. The summed E-state index contributed by atoms with van der Waals surface area (Å²) in [5.41, 5.74) is 2.28. The molecule has 0 saturated carbocycles. The SMILES string of the molecule is CNC(C)c1cc(F)c(C)cc1N1CC(O)C(O)C1. The number of nitrogens with one attached hydrogen (secondary N) is 1. The minimum atomic E-state index is -0.747. The second kappa shape index (κ2) is 5.45. The van der Waals surface area contributed by atoms with Crippen molar-refractivity contribution in [2.45, 2.75) is 32.1 Å². The van der Waals surface area contributed by atoms with Crippen LogP contribution in [0.1, 0.15) is 24.1 Å². The second-order valence-electron chi connectivity index (χ2n) is 5.21. The molecule has 1 aromatic rings. The van der Waals surface area contributed by atoms with Crippen molar-refractivity contribution in [2.75, 3.05) is 25.0 Å². The van der Waals surface area contributed by atoms with E-state index in [0.717, 1.165) is 11.3 Å². The molecule has 1 aromatic carbocycles. The lowest BCUT2D eigenvalue weighted by Gasteiger charge is -2.25. The molecule has 0 spiro atoms. The Morgan fingerprint density at radius 1 is 1.32 bits per heavy atom. The molecule has 1 aliphatic rings. The molecule has 0 aromatic heterocycles. The van der Waals surface area contributed by atoms with Crippen molar-refractivity contribution < 1.29 is 14.6 Å². The molecule has 0 aliphatic carbocycles. The molecular formula is C14H21FN2O2. The van der Waals surface area contributed by atoms with E-state index in [1.54, 1.807) is 13.0 Å². The van der Waals surface area contributed by atoms with Gasteiger partial charge < -0.3 is 20.4 Å². The van der Waals surface area contributed by atoms with Crippen molar-refractivity contribution in [1.82, 2.24) is 5.32 Å². The predicted octanol–water partition coefficient (Wildman–Crippen LogP) is 0.956. The molecule has 0 radical (unpaired) electrons. The maximum absolute atomic E-state index is 13.8. The van der Waals surface area contributed by atoms with Crippen LogP contribution in [0.4, 0.5) is 10.1 Å². The lowest BCUT2D eigenvalue weighted by molar-refractivity contribution is 0.0572. The molecule has 19 heavy (non-hydrogen) atoms. The molecule has 4 nitrogen and oxygen atoms in total. The van der Waals surface area contributed by atoms with Gasteiger partial charge in [-0.05, 0) is 44.2 Å². The van der Waals surface area contributed by atoms with E-state index >= 15 is 0 Å². The van der Waals surface area contributed by atoms with E-state index in [2.05, 4.69) is 5.32 Å². The standard InChI is InChI=1S/C14H21FN2O2/c1-8-4-12(17-6-13(18)14(19)7-17)10(5-11(8)15)9(2)16-3/h4-5,9,13-14,16,18-19H,6-7H2,1-3H3. The van der Waals surface area contributed by atoms with Gasteiger partial charge in [-0.25, -0.2) is 4.39 Å². The van der Waals surface area contributed by atoms with Gasteiger partial charge in [0.2, 0.25) is 0 Å². The van der Waals surface area contributed by atoms with Crippen LogP contribution in [0.3, 0.4) is 0 Å². The summed E-state index contributed by atoms with van der Waals surface area (Å²) in [6.45, 7) is 4.41. The Bertz CT molecular complexity index is 457. The van der Waals surface area contributed by atoms with Crippen LogP contribution in [-0.4, -0.2) is 42.6 Å². The molecule has 2 rings (SSSR count). The van der Waals surface area contributed by atoms with Crippen LogP contribution in [-0.2, 0) is 0 Å². The highest BCUT2D eigenvalue weighted by Crippen LogP contribution is 2.31. The maximum atomic E-state index is 13.8.